The predicted octanol–water partition coefficient (Wildman–Crippen LogP) is 7.87. The Morgan fingerprint density at radius 1 is 0.700 bits per heavy atom. The van der Waals surface area contributed by atoms with Crippen molar-refractivity contribution in [3.05, 3.63) is 150 Å². The number of hydrogen-bond acceptors (Lipinski definition) is 3. The molecule has 0 spiro atoms. The lowest BCUT2D eigenvalue weighted by Gasteiger charge is -2.37. The van der Waals surface area contributed by atoms with Crippen molar-refractivity contribution in [3.8, 4) is 16.9 Å². The fourth-order valence-corrected chi connectivity index (χ4v) is 5.56. The smallest absolute Gasteiger partial charge is 0.155 e. The minimum absolute atomic E-state index is 0.113. The van der Waals surface area contributed by atoms with Gasteiger partial charge < -0.3 is 10.1 Å². The molecule has 1 aromatic heterocycles. The fraction of sp³-hybridized carbons (Fsp3) is 0.0882. The first-order chi connectivity index (χ1) is 19.6. The SMILES string of the molecule is CNc1nn(C(c2ccccc2)(c2ccccc2)c2ccccc2)c2ccc(-c3c(F)cc(OC)cc3F)cc12. The van der Waals surface area contributed by atoms with E-state index in [1.807, 2.05) is 65.3 Å². The number of ether oxygens (including phenoxy) is 1. The summed E-state index contributed by atoms with van der Waals surface area (Å²) in [6.07, 6.45) is 0. The lowest BCUT2D eigenvalue weighted by atomic mass is 9.77. The summed E-state index contributed by atoms with van der Waals surface area (Å²) in [5.74, 6) is -0.663. The van der Waals surface area contributed by atoms with Crippen LogP contribution in [0.1, 0.15) is 16.7 Å². The molecule has 0 saturated carbocycles. The molecule has 6 aromatic rings. The van der Waals surface area contributed by atoms with E-state index in [9.17, 15) is 0 Å². The van der Waals surface area contributed by atoms with Crippen LogP contribution >= 0.6 is 0 Å². The number of hydrogen-bond donors (Lipinski definition) is 1. The zero-order chi connectivity index (χ0) is 27.7. The van der Waals surface area contributed by atoms with Crippen LogP contribution in [0.15, 0.2) is 121 Å². The Labute approximate surface area is 231 Å². The van der Waals surface area contributed by atoms with E-state index in [1.54, 1.807) is 19.2 Å². The Hall–Kier alpha value is -4.97. The number of aromatic nitrogens is 2. The number of nitrogens with zero attached hydrogens (tertiary/aromatic N) is 2. The number of benzene rings is 5. The topological polar surface area (TPSA) is 39.1 Å². The Morgan fingerprint density at radius 3 is 1.65 bits per heavy atom. The molecule has 1 heterocycles. The maximum Gasteiger partial charge on any atom is 0.155 e. The number of methoxy groups -OCH3 is 1. The molecular weight excluding hydrogens is 504 g/mol. The third-order valence-corrected chi connectivity index (χ3v) is 7.35. The van der Waals surface area contributed by atoms with Crippen LogP contribution in [0.2, 0.25) is 0 Å². The third kappa shape index (κ3) is 4.00. The van der Waals surface area contributed by atoms with Crippen molar-refractivity contribution in [3.63, 3.8) is 0 Å². The normalized spacial score (nSPS) is 11.5. The number of nitrogens with one attached hydrogen (secondary N) is 1. The molecule has 0 unspecified atom stereocenters. The highest BCUT2D eigenvalue weighted by atomic mass is 19.1. The van der Waals surface area contributed by atoms with Crippen LogP contribution < -0.4 is 10.1 Å². The molecule has 0 atom stereocenters. The maximum absolute atomic E-state index is 15.1. The van der Waals surface area contributed by atoms with E-state index in [4.69, 9.17) is 9.84 Å². The molecular formula is C34H27F2N3O. The lowest BCUT2D eigenvalue weighted by Crippen LogP contribution is -2.38. The standard InChI is InChI=1S/C34H27F2N3O/c1-37-33-28-20-23(32-29(35)21-27(40-2)22-30(32)36)18-19-31(28)39(38-33)34(24-12-6-3-7-13-24,25-14-8-4-9-15-25)26-16-10-5-11-17-26/h3-22H,1-2H3,(H,37,38). The van der Waals surface area contributed by atoms with Gasteiger partial charge in [-0.2, -0.15) is 5.10 Å². The molecule has 0 aliphatic heterocycles. The molecule has 198 valence electrons. The van der Waals surface area contributed by atoms with Gasteiger partial charge in [0.15, 0.2) is 5.82 Å². The van der Waals surface area contributed by atoms with Crippen LogP contribution in [0.25, 0.3) is 22.0 Å². The molecule has 0 aliphatic carbocycles. The zero-order valence-electron chi connectivity index (χ0n) is 22.1. The van der Waals surface area contributed by atoms with Gasteiger partial charge in [0, 0.05) is 24.6 Å². The zero-order valence-corrected chi connectivity index (χ0v) is 22.1. The summed E-state index contributed by atoms with van der Waals surface area (Å²) in [6.45, 7) is 0. The molecule has 0 amide bonds. The van der Waals surface area contributed by atoms with Crippen molar-refractivity contribution in [2.45, 2.75) is 5.54 Å². The Balaban J connectivity index is 1.69. The predicted molar refractivity (Wildman–Crippen MR) is 156 cm³/mol. The highest BCUT2D eigenvalue weighted by molar-refractivity contribution is 5.94. The van der Waals surface area contributed by atoms with Gasteiger partial charge in [0.05, 0.1) is 18.2 Å². The summed E-state index contributed by atoms with van der Waals surface area (Å²) in [5.41, 5.74) is 3.33. The van der Waals surface area contributed by atoms with Crippen molar-refractivity contribution in [2.24, 2.45) is 0 Å². The number of rotatable bonds is 7. The van der Waals surface area contributed by atoms with Crippen LogP contribution in [0.4, 0.5) is 14.6 Å². The van der Waals surface area contributed by atoms with Gasteiger partial charge >= 0.3 is 0 Å². The number of halogens is 2. The second-order valence-corrected chi connectivity index (χ2v) is 9.52. The van der Waals surface area contributed by atoms with Crippen molar-refractivity contribution in [1.82, 2.24) is 9.78 Å². The Bertz CT molecular complexity index is 1670. The van der Waals surface area contributed by atoms with E-state index in [0.717, 1.165) is 27.6 Å². The van der Waals surface area contributed by atoms with Gasteiger partial charge in [-0.25, -0.2) is 13.5 Å². The quantitative estimate of drug-likeness (QED) is 0.213. The Morgan fingerprint density at radius 2 is 1.20 bits per heavy atom. The average Bonchev–Trinajstić information content (AvgIpc) is 3.37. The first-order valence-corrected chi connectivity index (χ1v) is 13.0. The molecule has 0 saturated heterocycles. The maximum atomic E-state index is 15.1. The molecule has 1 N–H and O–H groups in total. The third-order valence-electron chi connectivity index (χ3n) is 7.35. The number of fused-ring (bicyclic) bond motifs is 1. The summed E-state index contributed by atoms with van der Waals surface area (Å²) in [7, 11) is 3.18. The molecule has 6 rings (SSSR count). The summed E-state index contributed by atoms with van der Waals surface area (Å²) in [6, 6.07) is 38.5. The van der Waals surface area contributed by atoms with E-state index in [1.165, 1.54) is 19.2 Å². The first-order valence-electron chi connectivity index (χ1n) is 13.0. The fourth-order valence-electron chi connectivity index (χ4n) is 5.56. The largest absolute Gasteiger partial charge is 0.497 e. The first kappa shape index (κ1) is 25.3. The Kier molecular flexibility index (Phi) is 6.52. The highest BCUT2D eigenvalue weighted by Crippen LogP contribution is 2.44. The minimum atomic E-state index is -0.838. The van der Waals surface area contributed by atoms with Crippen LogP contribution in [0, 0.1) is 11.6 Å². The minimum Gasteiger partial charge on any atom is -0.497 e. The number of anilines is 1. The average molecular weight is 532 g/mol. The van der Waals surface area contributed by atoms with Crippen molar-refractivity contribution in [2.75, 3.05) is 19.5 Å². The van der Waals surface area contributed by atoms with Crippen LogP contribution in [-0.4, -0.2) is 23.9 Å². The van der Waals surface area contributed by atoms with E-state index >= 15 is 8.78 Å². The molecule has 0 radical (unpaired) electrons. The van der Waals surface area contributed by atoms with Gasteiger partial charge in [-0.05, 0) is 34.4 Å². The molecule has 0 fully saturated rings. The molecule has 4 nitrogen and oxygen atoms in total. The summed E-state index contributed by atoms with van der Waals surface area (Å²) < 4.78 is 37.2. The monoisotopic (exact) mass is 531 g/mol. The van der Waals surface area contributed by atoms with Gasteiger partial charge in [0.25, 0.3) is 0 Å². The molecule has 40 heavy (non-hydrogen) atoms. The van der Waals surface area contributed by atoms with Gasteiger partial charge in [0.2, 0.25) is 0 Å². The second-order valence-electron chi connectivity index (χ2n) is 9.52. The van der Waals surface area contributed by atoms with Crippen LogP contribution in [0.5, 0.6) is 5.75 Å². The lowest BCUT2D eigenvalue weighted by molar-refractivity contribution is 0.407. The molecule has 0 bridgehead atoms. The summed E-state index contributed by atoms with van der Waals surface area (Å²) in [4.78, 5) is 0. The molecule has 0 aliphatic rings. The van der Waals surface area contributed by atoms with E-state index in [0.29, 0.717) is 11.4 Å². The molecule has 6 heteroatoms. The van der Waals surface area contributed by atoms with E-state index in [2.05, 4.69) is 41.7 Å². The van der Waals surface area contributed by atoms with Gasteiger partial charge in [-0.1, -0.05) is 97.1 Å². The van der Waals surface area contributed by atoms with Crippen molar-refractivity contribution >= 4 is 16.7 Å². The molecule has 5 aromatic carbocycles. The van der Waals surface area contributed by atoms with Gasteiger partial charge in [-0.15, -0.1) is 0 Å². The van der Waals surface area contributed by atoms with Gasteiger partial charge in [0.1, 0.15) is 22.9 Å². The van der Waals surface area contributed by atoms with E-state index in [-0.39, 0.29) is 11.3 Å². The second kappa shape index (κ2) is 10.3. The highest BCUT2D eigenvalue weighted by Gasteiger charge is 2.41. The van der Waals surface area contributed by atoms with E-state index < -0.39 is 17.2 Å². The van der Waals surface area contributed by atoms with Gasteiger partial charge in [-0.3, -0.25) is 0 Å². The van der Waals surface area contributed by atoms with Crippen molar-refractivity contribution in [1.29, 1.82) is 0 Å². The van der Waals surface area contributed by atoms with Crippen LogP contribution in [0.3, 0.4) is 0 Å². The van der Waals surface area contributed by atoms with Crippen LogP contribution in [-0.2, 0) is 5.54 Å². The summed E-state index contributed by atoms with van der Waals surface area (Å²) >= 11 is 0. The van der Waals surface area contributed by atoms with Crippen molar-refractivity contribution < 1.29 is 13.5 Å². The summed E-state index contributed by atoms with van der Waals surface area (Å²) in [5, 5.41) is 9.06.